The highest BCUT2D eigenvalue weighted by Gasteiger charge is 2.37. The fourth-order valence-electron chi connectivity index (χ4n) is 3.12. The molecule has 2 aromatic rings. The van der Waals surface area contributed by atoms with Crippen LogP contribution in [-0.4, -0.2) is 11.0 Å². The SMILES string of the molecule is O=c1[nH]c2cc(NC3CCCCC3)ccc2c(C(F)(F)F)c1F. The van der Waals surface area contributed by atoms with E-state index in [0.29, 0.717) is 5.69 Å². The van der Waals surface area contributed by atoms with E-state index in [0.717, 1.165) is 25.7 Å². The lowest BCUT2D eigenvalue weighted by Crippen LogP contribution is -2.23. The summed E-state index contributed by atoms with van der Waals surface area (Å²) in [4.78, 5) is 13.6. The van der Waals surface area contributed by atoms with Gasteiger partial charge in [-0.1, -0.05) is 25.3 Å². The van der Waals surface area contributed by atoms with E-state index in [1.165, 1.54) is 24.6 Å². The average Bonchev–Trinajstić information content (AvgIpc) is 2.48. The minimum Gasteiger partial charge on any atom is -0.382 e. The number of halogens is 4. The second kappa shape index (κ2) is 5.86. The molecule has 0 unspecified atom stereocenters. The molecule has 1 aromatic heterocycles. The molecule has 0 atom stereocenters. The molecule has 23 heavy (non-hydrogen) atoms. The summed E-state index contributed by atoms with van der Waals surface area (Å²) in [5, 5.41) is 2.92. The van der Waals surface area contributed by atoms with Crippen LogP contribution in [0.1, 0.15) is 37.7 Å². The lowest BCUT2D eigenvalue weighted by molar-refractivity contribution is -0.138. The van der Waals surface area contributed by atoms with Gasteiger partial charge in [-0.05, 0) is 25.0 Å². The largest absolute Gasteiger partial charge is 0.420 e. The van der Waals surface area contributed by atoms with Crippen LogP contribution in [0.4, 0.5) is 23.2 Å². The number of aromatic amines is 1. The number of alkyl halides is 3. The molecular formula is C16H16F4N2O. The van der Waals surface area contributed by atoms with E-state index < -0.39 is 23.1 Å². The summed E-state index contributed by atoms with van der Waals surface area (Å²) in [5.74, 6) is -1.79. The van der Waals surface area contributed by atoms with Crippen molar-refractivity contribution in [3.05, 3.63) is 39.9 Å². The summed E-state index contributed by atoms with van der Waals surface area (Å²) in [6.45, 7) is 0. The van der Waals surface area contributed by atoms with Gasteiger partial charge in [0.15, 0.2) is 0 Å². The third kappa shape index (κ3) is 3.18. The third-order valence-corrected chi connectivity index (χ3v) is 4.22. The monoisotopic (exact) mass is 328 g/mol. The first kappa shape index (κ1) is 15.8. The van der Waals surface area contributed by atoms with E-state index in [-0.39, 0.29) is 16.9 Å². The number of pyridine rings is 1. The van der Waals surface area contributed by atoms with E-state index >= 15 is 0 Å². The molecular weight excluding hydrogens is 312 g/mol. The zero-order chi connectivity index (χ0) is 16.6. The van der Waals surface area contributed by atoms with E-state index in [2.05, 4.69) is 10.3 Å². The maximum absolute atomic E-state index is 13.6. The Bertz CT molecular complexity index is 776. The molecule has 0 aliphatic heterocycles. The minimum absolute atomic E-state index is 0.0236. The van der Waals surface area contributed by atoms with Crippen LogP contribution in [0.15, 0.2) is 23.0 Å². The molecule has 3 rings (SSSR count). The summed E-state index contributed by atoms with van der Waals surface area (Å²) in [5.41, 5.74) is -2.27. The van der Waals surface area contributed by atoms with Gasteiger partial charge in [-0.25, -0.2) is 4.39 Å². The van der Waals surface area contributed by atoms with Crippen molar-refractivity contribution >= 4 is 16.6 Å². The van der Waals surface area contributed by atoms with Crippen molar-refractivity contribution in [2.75, 3.05) is 5.32 Å². The van der Waals surface area contributed by atoms with E-state index in [9.17, 15) is 22.4 Å². The second-order valence-electron chi connectivity index (χ2n) is 5.88. The van der Waals surface area contributed by atoms with Gasteiger partial charge in [-0.2, -0.15) is 13.2 Å². The second-order valence-corrected chi connectivity index (χ2v) is 5.88. The molecule has 0 saturated heterocycles. The van der Waals surface area contributed by atoms with Crippen molar-refractivity contribution in [1.82, 2.24) is 4.98 Å². The molecule has 124 valence electrons. The Balaban J connectivity index is 2.03. The Morgan fingerprint density at radius 2 is 1.83 bits per heavy atom. The number of aromatic nitrogens is 1. The Kier molecular flexibility index (Phi) is 4.04. The number of nitrogens with one attached hydrogen (secondary N) is 2. The summed E-state index contributed by atoms with van der Waals surface area (Å²) in [6.07, 6.45) is 0.515. The van der Waals surface area contributed by atoms with Crippen LogP contribution in [-0.2, 0) is 6.18 Å². The van der Waals surface area contributed by atoms with Crippen molar-refractivity contribution in [3.63, 3.8) is 0 Å². The van der Waals surface area contributed by atoms with Crippen molar-refractivity contribution in [2.24, 2.45) is 0 Å². The number of benzene rings is 1. The van der Waals surface area contributed by atoms with Gasteiger partial charge in [0.05, 0.1) is 5.52 Å². The summed E-state index contributed by atoms with van der Waals surface area (Å²) >= 11 is 0. The zero-order valence-corrected chi connectivity index (χ0v) is 12.3. The van der Waals surface area contributed by atoms with E-state index in [4.69, 9.17) is 0 Å². The molecule has 1 saturated carbocycles. The predicted octanol–water partition coefficient (Wildman–Crippen LogP) is 4.43. The first-order chi connectivity index (χ1) is 10.9. The number of H-pyrrole nitrogens is 1. The fraction of sp³-hybridized carbons (Fsp3) is 0.438. The van der Waals surface area contributed by atoms with Gasteiger partial charge in [-0.3, -0.25) is 4.79 Å². The molecule has 1 heterocycles. The number of hydrogen-bond donors (Lipinski definition) is 2. The van der Waals surface area contributed by atoms with Crippen LogP contribution in [0, 0.1) is 5.82 Å². The Morgan fingerprint density at radius 3 is 2.48 bits per heavy atom. The molecule has 3 nitrogen and oxygen atoms in total. The molecule has 0 bridgehead atoms. The number of hydrogen-bond acceptors (Lipinski definition) is 2. The zero-order valence-electron chi connectivity index (χ0n) is 12.3. The first-order valence-corrected chi connectivity index (χ1v) is 7.55. The van der Waals surface area contributed by atoms with Crippen molar-refractivity contribution in [3.8, 4) is 0 Å². The molecule has 1 aliphatic rings. The first-order valence-electron chi connectivity index (χ1n) is 7.55. The minimum atomic E-state index is -4.92. The molecule has 1 fully saturated rings. The number of fused-ring (bicyclic) bond motifs is 1. The predicted molar refractivity (Wildman–Crippen MR) is 80.0 cm³/mol. The van der Waals surface area contributed by atoms with Gasteiger partial charge in [0.25, 0.3) is 5.56 Å². The van der Waals surface area contributed by atoms with Gasteiger partial charge < -0.3 is 10.3 Å². The van der Waals surface area contributed by atoms with Crippen LogP contribution < -0.4 is 10.9 Å². The van der Waals surface area contributed by atoms with Crippen molar-refractivity contribution in [2.45, 2.75) is 44.3 Å². The maximum Gasteiger partial charge on any atom is 0.420 e. The van der Waals surface area contributed by atoms with Crippen LogP contribution in [0.2, 0.25) is 0 Å². The molecule has 0 amide bonds. The summed E-state index contributed by atoms with van der Waals surface area (Å²) in [7, 11) is 0. The number of rotatable bonds is 2. The van der Waals surface area contributed by atoms with Gasteiger partial charge in [0.1, 0.15) is 5.56 Å². The lowest BCUT2D eigenvalue weighted by atomic mass is 9.95. The van der Waals surface area contributed by atoms with Gasteiger partial charge in [-0.15, -0.1) is 0 Å². The summed E-state index contributed by atoms with van der Waals surface area (Å²) in [6, 6.07) is 4.39. The van der Waals surface area contributed by atoms with Crippen LogP contribution >= 0.6 is 0 Å². The molecule has 2 N–H and O–H groups in total. The van der Waals surface area contributed by atoms with Crippen LogP contribution in [0.25, 0.3) is 10.9 Å². The van der Waals surface area contributed by atoms with E-state index in [1.807, 2.05) is 0 Å². The highest BCUT2D eigenvalue weighted by molar-refractivity contribution is 5.85. The quantitative estimate of drug-likeness (QED) is 0.801. The summed E-state index contributed by atoms with van der Waals surface area (Å²) < 4.78 is 52.7. The van der Waals surface area contributed by atoms with Gasteiger partial charge in [0, 0.05) is 17.1 Å². The van der Waals surface area contributed by atoms with Crippen LogP contribution in [0.5, 0.6) is 0 Å². The molecule has 1 aromatic carbocycles. The molecule has 0 spiro atoms. The molecule has 1 aliphatic carbocycles. The van der Waals surface area contributed by atoms with Crippen molar-refractivity contribution < 1.29 is 17.6 Å². The molecule has 0 radical (unpaired) electrons. The normalized spacial score (nSPS) is 16.7. The Morgan fingerprint density at radius 1 is 1.13 bits per heavy atom. The van der Waals surface area contributed by atoms with Crippen LogP contribution in [0.3, 0.4) is 0 Å². The molecule has 7 heteroatoms. The maximum atomic E-state index is 13.6. The van der Waals surface area contributed by atoms with Gasteiger partial charge in [0.2, 0.25) is 5.82 Å². The third-order valence-electron chi connectivity index (χ3n) is 4.22. The Hall–Kier alpha value is -2.05. The topological polar surface area (TPSA) is 44.9 Å². The highest BCUT2D eigenvalue weighted by atomic mass is 19.4. The average molecular weight is 328 g/mol. The standard InChI is InChI=1S/C16H16F4N2O/c17-14-13(16(18,19)20)11-7-6-10(8-12(11)22-15(14)23)21-9-4-2-1-3-5-9/h6-9,21H,1-5H2,(H,22,23). The Labute approximate surface area is 129 Å². The van der Waals surface area contributed by atoms with Gasteiger partial charge >= 0.3 is 6.18 Å². The fourth-order valence-corrected chi connectivity index (χ4v) is 3.12. The smallest absolute Gasteiger partial charge is 0.382 e. The highest BCUT2D eigenvalue weighted by Crippen LogP contribution is 2.35. The van der Waals surface area contributed by atoms with E-state index in [1.54, 1.807) is 0 Å². The van der Waals surface area contributed by atoms with Crippen molar-refractivity contribution in [1.29, 1.82) is 0 Å². The lowest BCUT2D eigenvalue weighted by Gasteiger charge is -2.24. The number of anilines is 1.